The van der Waals surface area contributed by atoms with Crippen LogP contribution >= 0.6 is 12.2 Å². The van der Waals surface area contributed by atoms with Gasteiger partial charge in [0.15, 0.2) is 5.11 Å². The Labute approximate surface area is 144 Å². The number of benzene rings is 1. The van der Waals surface area contributed by atoms with Crippen molar-refractivity contribution in [2.45, 2.75) is 38.1 Å². The lowest BCUT2D eigenvalue weighted by atomic mass is 9.77. The number of anilines is 1. The Balaban J connectivity index is 1.67. The van der Waals surface area contributed by atoms with Gasteiger partial charge >= 0.3 is 6.03 Å². The number of urea groups is 1. The third kappa shape index (κ3) is 3.06. The molecule has 128 valence electrons. The van der Waals surface area contributed by atoms with Crippen LogP contribution in [-0.2, 0) is 4.79 Å². The Bertz CT molecular complexity index is 688. The first-order valence-electron chi connectivity index (χ1n) is 7.90. The minimum absolute atomic E-state index is 0.0233. The summed E-state index contributed by atoms with van der Waals surface area (Å²) in [6.45, 7) is 2.14. The number of imide groups is 1. The Morgan fingerprint density at radius 3 is 2.67 bits per heavy atom. The maximum Gasteiger partial charge on any atom is 0.344 e. The fourth-order valence-corrected chi connectivity index (χ4v) is 3.33. The highest BCUT2D eigenvalue weighted by molar-refractivity contribution is 7.80. The van der Waals surface area contributed by atoms with Crippen LogP contribution in [0.5, 0.6) is 0 Å². The summed E-state index contributed by atoms with van der Waals surface area (Å²) in [5.41, 5.74) is 1.89. The summed E-state index contributed by atoms with van der Waals surface area (Å²) in [5, 5.41) is 6.29. The number of rotatable bonds is 2. The largest absolute Gasteiger partial charge is 0.344 e. The molecular weight excluding hydrogens is 331 g/mol. The molecule has 1 saturated heterocycles. The van der Waals surface area contributed by atoms with E-state index in [1.54, 1.807) is 12.1 Å². The lowest BCUT2D eigenvalue weighted by Gasteiger charge is -2.33. The average Bonchev–Trinajstić information content (AvgIpc) is 2.77. The van der Waals surface area contributed by atoms with Gasteiger partial charge < -0.3 is 10.6 Å². The van der Waals surface area contributed by atoms with Gasteiger partial charge in [0.2, 0.25) is 0 Å². The van der Waals surface area contributed by atoms with Gasteiger partial charge in [0.05, 0.1) is 5.69 Å². The molecule has 1 aromatic carbocycles. The lowest BCUT2D eigenvalue weighted by Crippen LogP contribution is -2.52. The average molecular weight is 350 g/mol. The molecule has 0 atom stereocenters. The minimum atomic E-state index is -0.843. The van der Waals surface area contributed by atoms with Gasteiger partial charge in [-0.1, -0.05) is 19.1 Å². The molecule has 0 bridgehead atoms. The first-order chi connectivity index (χ1) is 11.4. The zero-order chi connectivity index (χ0) is 17.3. The summed E-state index contributed by atoms with van der Waals surface area (Å²) < 4.78 is 13.6. The number of amides is 3. The normalized spacial score (nSPS) is 26.4. The quantitative estimate of drug-likeness (QED) is 0.565. The SMILES string of the molecule is CC1CCC2(CC1)NC(=O)N(NC(=S)Nc1ccccc1F)C2=O. The fraction of sp³-hybridized carbons (Fsp3) is 0.438. The van der Waals surface area contributed by atoms with Crippen molar-refractivity contribution in [1.82, 2.24) is 15.8 Å². The predicted octanol–water partition coefficient (Wildman–Crippen LogP) is 2.53. The Morgan fingerprint density at radius 1 is 1.33 bits per heavy atom. The molecule has 3 amide bonds. The number of halogens is 1. The van der Waals surface area contributed by atoms with Crippen LogP contribution in [0.2, 0.25) is 0 Å². The maximum atomic E-state index is 13.6. The van der Waals surface area contributed by atoms with Crippen molar-refractivity contribution < 1.29 is 14.0 Å². The Morgan fingerprint density at radius 2 is 2.00 bits per heavy atom. The number of hydrogen-bond donors (Lipinski definition) is 3. The van der Waals surface area contributed by atoms with Gasteiger partial charge in [-0.15, -0.1) is 0 Å². The van der Waals surface area contributed by atoms with E-state index >= 15 is 0 Å². The van der Waals surface area contributed by atoms with Crippen molar-refractivity contribution in [3.8, 4) is 0 Å². The van der Waals surface area contributed by atoms with E-state index in [1.807, 2.05) is 0 Å². The molecule has 1 aromatic rings. The topological polar surface area (TPSA) is 73.5 Å². The molecule has 1 aliphatic carbocycles. The summed E-state index contributed by atoms with van der Waals surface area (Å²) in [6, 6.07) is 5.48. The van der Waals surface area contributed by atoms with Crippen LogP contribution in [0.15, 0.2) is 24.3 Å². The summed E-state index contributed by atoms with van der Waals surface area (Å²) in [5.74, 6) is -0.264. The van der Waals surface area contributed by atoms with Crippen molar-refractivity contribution in [3.63, 3.8) is 0 Å². The van der Waals surface area contributed by atoms with E-state index in [-0.39, 0.29) is 16.7 Å². The maximum absolute atomic E-state index is 13.6. The molecule has 2 aliphatic rings. The molecule has 1 heterocycles. The van der Waals surface area contributed by atoms with Gasteiger partial charge in [0.1, 0.15) is 11.4 Å². The Hall–Kier alpha value is -2.22. The minimum Gasteiger partial charge on any atom is -0.329 e. The van der Waals surface area contributed by atoms with Crippen molar-refractivity contribution >= 4 is 35.0 Å². The van der Waals surface area contributed by atoms with E-state index in [1.165, 1.54) is 12.1 Å². The van der Waals surface area contributed by atoms with Crippen molar-refractivity contribution in [2.75, 3.05) is 5.32 Å². The Kier molecular flexibility index (Phi) is 4.40. The van der Waals surface area contributed by atoms with E-state index < -0.39 is 17.4 Å². The molecule has 6 nitrogen and oxygen atoms in total. The molecule has 0 radical (unpaired) electrons. The van der Waals surface area contributed by atoms with Crippen LogP contribution < -0.4 is 16.1 Å². The number of hydrazine groups is 1. The molecular formula is C16H19FN4O2S. The van der Waals surface area contributed by atoms with Gasteiger partial charge in [-0.05, 0) is 56.0 Å². The van der Waals surface area contributed by atoms with E-state index in [2.05, 4.69) is 23.0 Å². The second kappa shape index (κ2) is 6.35. The van der Waals surface area contributed by atoms with Crippen LogP contribution in [0.4, 0.5) is 14.9 Å². The number of para-hydroxylation sites is 1. The van der Waals surface area contributed by atoms with Crippen molar-refractivity contribution in [2.24, 2.45) is 5.92 Å². The first kappa shape index (κ1) is 16.6. The molecule has 2 fully saturated rings. The van der Waals surface area contributed by atoms with Crippen LogP contribution in [0, 0.1) is 11.7 Å². The van der Waals surface area contributed by atoms with E-state index in [4.69, 9.17) is 12.2 Å². The monoisotopic (exact) mass is 350 g/mol. The molecule has 3 N–H and O–H groups in total. The molecule has 8 heteroatoms. The molecule has 1 aliphatic heterocycles. The van der Waals surface area contributed by atoms with Crippen LogP contribution in [0.1, 0.15) is 32.6 Å². The molecule has 1 spiro atoms. The van der Waals surface area contributed by atoms with Crippen LogP contribution in [0.3, 0.4) is 0 Å². The van der Waals surface area contributed by atoms with Gasteiger partial charge in [-0.2, -0.15) is 5.01 Å². The standard InChI is InChI=1S/C16H19FN4O2S/c1-10-6-8-16(9-7-10)13(22)21(15(23)19-16)20-14(24)18-12-5-3-2-4-11(12)17/h2-5,10H,6-9H2,1H3,(H,19,23)(H2,18,20,24). The van der Waals surface area contributed by atoms with Gasteiger partial charge in [-0.25, -0.2) is 9.18 Å². The highest BCUT2D eigenvalue weighted by Gasteiger charge is 2.52. The van der Waals surface area contributed by atoms with E-state index in [0.717, 1.165) is 17.9 Å². The number of carbonyl (C=O) groups is 2. The fourth-order valence-electron chi connectivity index (χ4n) is 3.13. The van der Waals surface area contributed by atoms with Gasteiger partial charge in [0.25, 0.3) is 5.91 Å². The summed E-state index contributed by atoms with van der Waals surface area (Å²) in [6.07, 6.45) is 3.00. The lowest BCUT2D eigenvalue weighted by molar-refractivity contribution is -0.133. The highest BCUT2D eigenvalue weighted by Crippen LogP contribution is 2.35. The molecule has 3 rings (SSSR count). The van der Waals surface area contributed by atoms with E-state index in [9.17, 15) is 14.0 Å². The number of hydrogen-bond acceptors (Lipinski definition) is 3. The zero-order valence-electron chi connectivity index (χ0n) is 13.3. The van der Waals surface area contributed by atoms with Crippen molar-refractivity contribution in [1.29, 1.82) is 0 Å². The second-order valence-electron chi connectivity index (χ2n) is 6.38. The molecule has 0 aromatic heterocycles. The summed E-state index contributed by atoms with van der Waals surface area (Å²) >= 11 is 5.08. The van der Waals surface area contributed by atoms with Gasteiger partial charge in [-0.3, -0.25) is 10.2 Å². The summed E-state index contributed by atoms with van der Waals surface area (Å²) in [4.78, 5) is 24.8. The van der Waals surface area contributed by atoms with E-state index in [0.29, 0.717) is 18.8 Å². The smallest absolute Gasteiger partial charge is 0.329 e. The van der Waals surface area contributed by atoms with Crippen LogP contribution in [0.25, 0.3) is 0 Å². The first-order valence-corrected chi connectivity index (χ1v) is 8.31. The van der Waals surface area contributed by atoms with Crippen LogP contribution in [-0.4, -0.2) is 27.6 Å². The predicted molar refractivity (Wildman–Crippen MR) is 91.5 cm³/mol. The highest BCUT2D eigenvalue weighted by atomic mass is 32.1. The third-order valence-electron chi connectivity index (χ3n) is 4.63. The second-order valence-corrected chi connectivity index (χ2v) is 6.79. The number of thiocarbonyl (C=S) groups is 1. The third-order valence-corrected chi connectivity index (χ3v) is 4.82. The molecule has 24 heavy (non-hydrogen) atoms. The molecule has 1 saturated carbocycles. The summed E-state index contributed by atoms with van der Waals surface area (Å²) in [7, 11) is 0. The number of nitrogens with one attached hydrogen (secondary N) is 3. The van der Waals surface area contributed by atoms with Gasteiger partial charge in [0, 0.05) is 0 Å². The van der Waals surface area contributed by atoms with Crippen molar-refractivity contribution in [3.05, 3.63) is 30.1 Å². The number of nitrogens with zero attached hydrogens (tertiary/aromatic N) is 1. The zero-order valence-corrected chi connectivity index (χ0v) is 14.1. The number of carbonyl (C=O) groups excluding carboxylic acids is 2. The molecule has 0 unspecified atom stereocenters.